The summed E-state index contributed by atoms with van der Waals surface area (Å²) in [4.78, 5) is 0. The monoisotopic (exact) mass is 419 g/mol. The van der Waals surface area contributed by atoms with E-state index in [9.17, 15) is 0 Å². The number of ether oxygens (including phenoxy) is 1. The molecule has 0 N–H and O–H groups in total. The van der Waals surface area contributed by atoms with Crippen LogP contribution in [-0.2, 0) is 18.9 Å². The van der Waals surface area contributed by atoms with Gasteiger partial charge in [-0.2, -0.15) is 0 Å². The van der Waals surface area contributed by atoms with Gasteiger partial charge in [0.1, 0.15) is 12.4 Å². The standard InChI is InChI=1S/C20H19Cl2N3OS/c1-3-10-25-19(12-26-16-7-4-14(2)5-8-16)23-24-20(25)27-13-15-6-9-17(21)18(22)11-15/h3-9,11H,1,10,12-13H2,2H3. The van der Waals surface area contributed by atoms with Crippen molar-refractivity contribution in [3.05, 3.63) is 82.1 Å². The van der Waals surface area contributed by atoms with Gasteiger partial charge >= 0.3 is 0 Å². The Morgan fingerprint density at radius 3 is 2.59 bits per heavy atom. The second-order valence-electron chi connectivity index (χ2n) is 5.94. The Bertz CT molecular complexity index is 925. The molecule has 0 aliphatic heterocycles. The molecular formula is C20H19Cl2N3OS. The maximum absolute atomic E-state index is 6.09. The van der Waals surface area contributed by atoms with Crippen molar-refractivity contribution in [1.29, 1.82) is 0 Å². The third kappa shape index (κ3) is 5.28. The van der Waals surface area contributed by atoms with E-state index in [1.165, 1.54) is 5.56 Å². The molecule has 2 aromatic carbocycles. The van der Waals surface area contributed by atoms with Gasteiger partial charge < -0.3 is 4.74 Å². The average Bonchev–Trinajstić information content (AvgIpc) is 3.04. The van der Waals surface area contributed by atoms with Gasteiger partial charge in [-0.05, 0) is 36.8 Å². The summed E-state index contributed by atoms with van der Waals surface area (Å²) < 4.78 is 7.84. The van der Waals surface area contributed by atoms with E-state index in [4.69, 9.17) is 27.9 Å². The summed E-state index contributed by atoms with van der Waals surface area (Å²) in [7, 11) is 0. The van der Waals surface area contributed by atoms with Crippen molar-refractivity contribution in [2.45, 2.75) is 31.0 Å². The third-order valence-electron chi connectivity index (χ3n) is 3.85. The Morgan fingerprint density at radius 2 is 1.89 bits per heavy atom. The summed E-state index contributed by atoms with van der Waals surface area (Å²) in [5, 5.41) is 10.5. The Morgan fingerprint density at radius 1 is 1.11 bits per heavy atom. The summed E-state index contributed by atoms with van der Waals surface area (Å²) >= 11 is 13.6. The fraction of sp³-hybridized carbons (Fsp3) is 0.200. The van der Waals surface area contributed by atoms with Crippen molar-refractivity contribution in [3.63, 3.8) is 0 Å². The van der Waals surface area contributed by atoms with Crippen LogP contribution in [0.15, 0.2) is 60.3 Å². The van der Waals surface area contributed by atoms with Gasteiger partial charge in [0.05, 0.1) is 10.0 Å². The predicted octanol–water partition coefficient (Wildman–Crippen LogP) is 5.95. The van der Waals surface area contributed by atoms with Crippen LogP contribution in [0.2, 0.25) is 10.0 Å². The van der Waals surface area contributed by atoms with Crippen LogP contribution in [0.3, 0.4) is 0 Å². The highest BCUT2D eigenvalue weighted by Gasteiger charge is 2.13. The molecule has 0 bridgehead atoms. The smallest absolute Gasteiger partial charge is 0.191 e. The molecule has 140 valence electrons. The minimum absolute atomic E-state index is 0.344. The number of hydrogen-bond acceptors (Lipinski definition) is 4. The Hall–Kier alpha value is -1.95. The first-order chi connectivity index (χ1) is 13.1. The second-order valence-corrected chi connectivity index (χ2v) is 7.69. The summed E-state index contributed by atoms with van der Waals surface area (Å²) in [6.07, 6.45) is 1.82. The molecule has 4 nitrogen and oxygen atoms in total. The number of rotatable bonds is 8. The summed E-state index contributed by atoms with van der Waals surface area (Å²) in [5.41, 5.74) is 2.26. The minimum atomic E-state index is 0.344. The lowest BCUT2D eigenvalue weighted by Crippen LogP contribution is -2.07. The van der Waals surface area contributed by atoms with Crippen molar-refractivity contribution in [3.8, 4) is 5.75 Å². The minimum Gasteiger partial charge on any atom is -0.486 e. The zero-order valence-electron chi connectivity index (χ0n) is 14.9. The number of aromatic nitrogens is 3. The molecule has 0 radical (unpaired) electrons. The first kappa shape index (κ1) is 19.8. The largest absolute Gasteiger partial charge is 0.486 e. The molecule has 0 amide bonds. The fourth-order valence-electron chi connectivity index (χ4n) is 2.40. The molecule has 0 atom stereocenters. The van der Waals surface area contributed by atoms with Crippen LogP contribution < -0.4 is 4.74 Å². The summed E-state index contributed by atoms with van der Waals surface area (Å²) in [5.74, 6) is 2.27. The van der Waals surface area contributed by atoms with Gasteiger partial charge in [0, 0.05) is 12.3 Å². The lowest BCUT2D eigenvalue weighted by atomic mass is 10.2. The zero-order chi connectivity index (χ0) is 19.2. The SMILES string of the molecule is C=CCn1c(COc2ccc(C)cc2)nnc1SCc1ccc(Cl)c(Cl)c1. The highest BCUT2D eigenvalue weighted by molar-refractivity contribution is 7.98. The quantitative estimate of drug-likeness (QED) is 0.334. The van der Waals surface area contributed by atoms with E-state index < -0.39 is 0 Å². The molecule has 3 rings (SSSR count). The van der Waals surface area contributed by atoms with Gasteiger partial charge in [-0.3, -0.25) is 4.57 Å². The van der Waals surface area contributed by atoms with Crippen LogP contribution in [0.25, 0.3) is 0 Å². The highest BCUT2D eigenvalue weighted by atomic mass is 35.5. The third-order valence-corrected chi connectivity index (χ3v) is 5.62. The molecule has 1 heterocycles. The molecule has 3 aromatic rings. The Balaban J connectivity index is 1.69. The maximum Gasteiger partial charge on any atom is 0.191 e. The van der Waals surface area contributed by atoms with Crippen LogP contribution in [0, 0.1) is 6.92 Å². The van der Waals surface area contributed by atoms with Crippen LogP contribution in [0.5, 0.6) is 5.75 Å². The molecule has 0 aliphatic carbocycles. The van der Waals surface area contributed by atoms with Crippen LogP contribution in [0.1, 0.15) is 17.0 Å². The first-order valence-electron chi connectivity index (χ1n) is 8.36. The fourth-order valence-corrected chi connectivity index (χ4v) is 3.63. The Kier molecular flexibility index (Phi) is 6.83. The number of allylic oxidation sites excluding steroid dienone is 1. The number of nitrogens with zero attached hydrogens (tertiary/aromatic N) is 3. The van der Waals surface area contributed by atoms with E-state index >= 15 is 0 Å². The van der Waals surface area contributed by atoms with Gasteiger partial charge in [0.25, 0.3) is 0 Å². The van der Waals surface area contributed by atoms with E-state index in [0.717, 1.165) is 22.3 Å². The topological polar surface area (TPSA) is 39.9 Å². The average molecular weight is 420 g/mol. The van der Waals surface area contributed by atoms with Crippen LogP contribution >= 0.6 is 35.0 Å². The maximum atomic E-state index is 6.09. The molecule has 0 spiro atoms. The predicted molar refractivity (Wildman–Crippen MR) is 112 cm³/mol. The van der Waals surface area contributed by atoms with E-state index in [2.05, 4.69) is 16.8 Å². The van der Waals surface area contributed by atoms with Crippen molar-refractivity contribution in [1.82, 2.24) is 14.8 Å². The number of thioether (sulfide) groups is 1. The van der Waals surface area contributed by atoms with Crippen LogP contribution in [0.4, 0.5) is 0 Å². The molecule has 1 aromatic heterocycles. The van der Waals surface area contributed by atoms with Gasteiger partial charge in [0.2, 0.25) is 0 Å². The van der Waals surface area contributed by atoms with E-state index in [-0.39, 0.29) is 0 Å². The zero-order valence-corrected chi connectivity index (χ0v) is 17.2. The molecule has 0 unspecified atom stereocenters. The first-order valence-corrected chi connectivity index (χ1v) is 10.1. The molecule has 0 saturated heterocycles. The molecule has 7 heteroatoms. The van der Waals surface area contributed by atoms with Crippen molar-refractivity contribution in [2.24, 2.45) is 0 Å². The number of hydrogen-bond donors (Lipinski definition) is 0. The van der Waals surface area contributed by atoms with Gasteiger partial charge in [-0.25, -0.2) is 0 Å². The highest BCUT2D eigenvalue weighted by Crippen LogP contribution is 2.27. The van der Waals surface area contributed by atoms with Gasteiger partial charge in [-0.1, -0.05) is 64.8 Å². The Labute approximate surface area is 173 Å². The van der Waals surface area contributed by atoms with E-state index in [1.54, 1.807) is 17.8 Å². The van der Waals surface area contributed by atoms with Crippen molar-refractivity contribution in [2.75, 3.05) is 0 Å². The van der Waals surface area contributed by atoms with E-state index in [1.807, 2.05) is 54.0 Å². The summed E-state index contributed by atoms with van der Waals surface area (Å²) in [6.45, 7) is 6.83. The van der Waals surface area contributed by atoms with Gasteiger partial charge in [-0.15, -0.1) is 16.8 Å². The molecule has 0 saturated carbocycles. The molecule has 0 fully saturated rings. The van der Waals surface area contributed by atoms with Crippen molar-refractivity contribution < 1.29 is 4.74 Å². The molecule has 27 heavy (non-hydrogen) atoms. The lowest BCUT2D eigenvalue weighted by Gasteiger charge is -2.09. The van der Waals surface area contributed by atoms with Crippen LogP contribution in [-0.4, -0.2) is 14.8 Å². The van der Waals surface area contributed by atoms with E-state index in [0.29, 0.717) is 28.9 Å². The molecule has 0 aliphatic rings. The lowest BCUT2D eigenvalue weighted by molar-refractivity contribution is 0.289. The number of aryl methyl sites for hydroxylation is 1. The van der Waals surface area contributed by atoms with Gasteiger partial charge in [0.15, 0.2) is 11.0 Å². The molecular weight excluding hydrogens is 401 g/mol. The second kappa shape index (κ2) is 9.31. The normalized spacial score (nSPS) is 10.8. The van der Waals surface area contributed by atoms with Crippen molar-refractivity contribution >= 4 is 35.0 Å². The summed E-state index contributed by atoms with van der Waals surface area (Å²) in [6, 6.07) is 13.6. The number of halogens is 2. The number of benzene rings is 2.